The van der Waals surface area contributed by atoms with Gasteiger partial charge in [-0.1, -0.05) is 12.1 Å². The van der Waals surface area contributed by atoms with E-state index in [0.717, 1.165) is 16.1 Å². The van der Waals surface area contributed by atoms with E-state index in [2.05, 4.69) is 10.3 Å². The van der Waals surface area contributed by atoms with Crippen LogP contribution in [-0.4, -0.2) is 27.6 Å². The maximum Gasteiger partial charge on any atom is 0.230 e. The van der Waals surface area contributed by atoms with Gasteiger partial charge in [-0.3, -0.25) is 19.3 Å². The van der Waals surface area contributed by atoms with Crippen molar-refractivity contribution >= 4 is 34.7 Å². The molecular formula is C22H18FN3O3S. The van der Waals surface area contributed by atoms with Crippen LogP contribution in [0.2, 0.25) is 0 Å². The van der Waals surface area contributed by atoms with Crippen molar-refractivity contribution < 1.29 is 18.8 Å². The van der Waals surface area contributed by atoms with Crippen LogP contribution < -0.4 is 5.32 Å². The number of amides is 3. The fraction of sp³-hybridized carbons (Fsp3) is 0.182. The Hall–Kier alpha value is -3.39. The van der Waals surface area contributed by atoms with E-state index in [-0.39, 0.29) is 49.3 Å². The monoisotopic (exact) mass is 423 g/mol. The van der Waals surface area contributed by atoms with Gasteiger partial charge in [-0.05, 0) is 42.0 Å². The van der Waals surface area contributed by atoms with Gasteiger partial charge in [0.15, 0.2) is 0 Å². The molecule has 6 nitrogen and oxygen atoms in total. The predicted octanol–water partition coefficient (Wildman–Crippen LogP) is 3.78. The molecule has 1 fully saturated rings. The van der Waals surface area contributed by atoms with Crippen molar-refractivity contribution in [3.05, 3.63) is 71.0 Å². The van der Waals surface area contributed by atoms with Crippen LogP contribution in [-0.2, 0) is 27.3 Å². The van der Waals surface area contributed by atoms with Crippen molar-refractivity contribution in [1.82, 2.24) is 9.88 Å². The van der Waals surface area contributed by atoms with E-state index in [9.17, 15) is 18.8 Å². The molecule has 0 radical (unpaired) electrons. The summed E-state index contributed by atoms with van der Waals surface area (Å²) < 4.78 is 13.0. The Balaban J connectivity index is 1.33. The molecule has 2 heterocycles. The number of carbonyl (C=O) groups is 3. The zero-order chi connectivity index (χ0) is 21.1. The molecule has 0 aliphatic carbocycles. The van der Waals surface area contributed by atoms with Gasteiger partial charge in [0, 0.05) is 29.5 Å². The second kappa shape index (κ2) is 8.54. The molecule has 1 aliphatic rings. The van der Waals surface area contributed by atoms with E-state index >= 15 is 0 Å². The van der Waals surface area contributed by atoms with Gasteiger partial charge in [-0.2, -0.15) is 0 Å². The molecule has 1 aromatic heterocycles. The van der Waals surface area contributed by atoms with E-state index in [1.807, 2.05) is 5.38 Å². The average Bonchev–Trinajstić information content (AvgIpc) is 3.31. The maximum atomic E-state index is 13.0. The minimum absolute atomic E-state index is 0.121. The van der Waals surface area contributed by atoms with E-state index < -0.39 is 0 Å². The minimum Gasteiger partial charge on any atom is -0.326 e. The van der Waals surface area contributed by atoms with Gasteiger partial charge in [0.05, 0.1) is 18.7 Å². The number of benzene rings is 2. The number of nitrogens with one attached hydrogen (secondary N) is 1. The number of halogens is 1. The quantitative estimate of drug-likeness (QED) is 0.612. The lowest BCUT2D eigenvalue weighted by atomic mass is 10.2. The van der Waals surface area contributed by atoms with Crippen LogP contribution in [0.15, 0.2) is 53.9 Å². The first-order valence-corrected chi connectivity index (χ1v) is 10.3. The Morgan fingerprint density at radius 2 is 1.70 bits per heavy atom. The van der Waals surface area contributed by atoms with Gasteiger partial charge in [0.25, 0.3) is 0 Å². The number of hydrogen-bond acceptors (Lipinski definition) is 5. The highest BCUT2D eigenvalue weighted by Gasteiger charge is 2.28. The first kappa shape index (κ1) is 19.9. The fourth-order valence-corrected chi connectivity index (χ4v) is 3.98. The van der Waals surface area contributed by atoms with Gasteiger partial charge in [-0.25, -0.2) is 9.37 Å². The normalized spacial score (nSPS) is 13.7. The Bertz CT molecular complexity index is 1080. The third-order valence-corrected chi connectivity index (χ3v) is 5.66. The molecule has 1 N–H and O–H groups in total. The van der Waals surface area contributed by atoms with Crippen LogP contribution in [0, 0.1) is 5.82 Å². The van der Waals surface area contributed by atoms with Gasteiger partial charge in [0.2, 0.25) is 17.7 Å². The smallest absolute Gasteiger partial charge is 0.230 e. The van der Waals surface area contributed by atoms with Crippen LogP contribution in [0.3, 0.4) is 0 Å². The summed E-state index contributed by atoms with van der Waals surface area (Å²) >= 11 is 1.40. The molecule has 30 heavy (non-hydrogen) atoms. The number of imide groups is 1. The standard InChI is InChI=1S/C22H18FN3O3S/c23-16-5-3-15(4-6-16)22-25-18(13-30-22)11-19(27)24-17-7-1-14(2-8-17)12-26-20(28)9-10-21(26)29/h1-8,13H,9-12H2,(H,24,27). The molecule has 0 bridgehead atoms. The van der Waals surface area contributed by atoms with E-state index in [1.54, 1.807) is 36.4 Å². The molecule has 8 heteroatoms. The summed E-state index contributed by atoms with van der Waals surface area (Å²) in [5.41, 5.74) is 2.88. The third-order valence-electron chi connectivity index (χ3n) is 4.72. The largest absolute Gasteiger partial charge is 0.326 e. The Morgan fingerprint density at radius 3 is 2.37 bits per heavy atom. The van der Waals surface area contributed by atoms with Crippen LogP contribution in [0.1, 0.15) is 24.1 Å². The van der Waals surface area contributed by atoms with Gasteiger partial charge in [-0.15, -0.1) is 11.3 Å². The van der Waals surface area contributed by atoms with E-state index in [4.69, 9.17) is 0 Å². The van der Waals surface area contributed by atoms with E-state index in [1.165, 1.54) is 28.4 Å². The van der Waals surface area contributed by atoms with Crippen LogP contribution in [0.25, 0.3) is 10.6 Å². The number of nitrogens with zero attached hydrogens (tertiary/aromatic N) is 2. The highest BCUT2D eigenvalue weighted by Crippen LogP contribution is 2.24. The minimum atomic E-state index is -0.306. The molecule has 0 saturated carbocycles. The number of rotatable bonds is 6. The number of carbonyl (C=O) groups excluding carboxylic acids is 3. The van der Waals surface area contributed by atoms with Crippen LogP contribution in [0.4, 0.5) is 10.1 Å². The molecule has 3 aromatic rings. The summed E-state index contributed by atoms with van der Waals surface area (Å²) in [6.07, 6.45) is 0.662. The summed E-state index contributed by atoms with van der Waals surface area (Å²) in [5.74, 6) is -0.815. The summed E-state index contributed by atoms with van der Waals surface area (Å²) in [5, 5.41) is 5.35. The van der Waals surface area contributed by atoms with Crippen molar-refractivity contribution in [3.63, 3.8) is 0 Å². The lowest BCUT2D eigenvalue weighted by Crippen LogP contribution is -2.28. The number of thiazole rings is 1. The summed E-state index contributed by atoms with van der Waals surface area (Å²) in [4.78, 5) is 41.4. The summed E-state index contributed by atoms with van der Waals surface area (Å²) in [6.45, 7) is 0.247. The number of likely N-dealkylation sites (tertiary alicyclic amines) is 1. The van der Waals surface area contributed by atoms with Crippen LogP contribution >= 0.6 is 11.3 Å². The van der Waals surface area contributed by atoms with Crippen molar-refractivity contribution in [2.45, 2.75) is 25.8 Å². The molecule has 0 unspecified atom stereocenters. The lowest BCUT2D eigenvalue weighted by molar-refractivity contribution is -0.139. The first-order valence-electron chi connectivity index (χ1n) is 9.40. The zero-order valence-corrected chi connectivity index (χ0v) is 16.7. The Kier molecular flexibility index (Phi) is 5.67. The molecule has 2 aromatic carbocycles. The average molecular weight is 423 g/mol. The highest BCUT2D eigenvalue weighted by atomic mass is 32.1. The van der Waals surface area contributed by atoms with Crippen LogP contribution in [0.5, 0.6) is 0 Å². The molecule has 0 atom stereocenters. The molecule has 1 aliphatic heterocycles. The molecular weight excluding hydrogens is 405 g/mol. The SMILES string of the molecule is O=C(Cc1csc(-c2ccc(F)cc2)n1)Nc1ccc(CN2C(=O)CCC2=O)cc1. The predicted molar refractivity (Wildman–Crippen MR) is 111 cm³/mol. The number of hydrogen-bond donors (Lipinski definition) is 1. The van der Waals surface area contributed by atoms with Crippen molar-refractivity contribution in [2.75, 3.05) is 5.32 Å². The van der Waals surface area contributed by atoms with Gasteiger partial charge < -0.3 is 5.32 Å². The third kappa shape index (κ3) is 4.60. The second-order valence-corrected chi connectivity index (χ2v) is 7.80. The van der Waals surface area contributed by atoms with Crippen molar-refractivity contribution in [3.8, 4) is 10.6 Å². The molecule has 0 spiro atoms. The summed E-state index contributed by atoms with van der Waals surface area (Å²) in [7, 11) is 0. The molecule has 4 rings (SSSR count). The molecule has 152 valence electrons. The van der Waals surface area contributed by atoms with E-state index in [0.29, 0.717) is 11.4 Å². The number of anilines is 1. The van der Waals surface area contributed by atoms with Crippen molar-refractivity contribution in [1.29, 1.82) is 0 Å². The van der Waals surface area contributed by atoms with Gasteiger partial charge >= 0.3 is 0 Å². The Labute approximate surface area is 176 Å². The molecule has 1 saturated heterocycles. The highest BCUT2D eigenvalue weighted by molar-refractivity contribution is 7.13. The van der Waals surface area contributed by atoms with Crippen molar-refractivity contribution in [2.24, 2.45) is 0 Å². The fourth-order valence-electron chi connectivity index (χ4n) is 3.16. The topological polar surface area (TPSA) is 79.4 Å². The zero-order valence-electron chi connectivity index (χ0n) is 15.9. The second-order valence-electron chi connectivity index (χ2n) is 6.95. The molecule has 3 amide bonds. The maximum absolute atomic E-state index is 13.0. The number of aromatic nitrogens is 1. The first-order chi connectivity index (χ1) is 14.5. The van der Waals surface area contributed by atoms with Gasteiger partial charge in [0.1, 0.15) is 10.8 Å². The summed E-state index contributed by atoms with van der Waals surface area (Å²) in [6, 6.07) is 13.1. The Morgan fingerprint density at radius 1 is 1.03 bits per heavy atom. The lowest BCUT2D eigenvalue weighted by Gasteiger charge is -2.14.